The van der Waals surface area contributed by atoms with Crippen LogP contribution in [-0.2, 0) is 19.6 Å². The smallest absolute Gasteiger partial charge is 0.154 e. The average Bonchev–Trinajstić information content (AvgIpc) is 2.89. The van der Waals surface area contributed by atoms with Crippen LogP contribution in [0.3, 0.4) is 0 Å². The molecule has 2 aromatic rings. The summed E-state index contributed by atoms with van der Waals surface area (Å²) in [5.41, 5.74) is 6.26. The fourth-order valence-corrected chi connectivity index (χ4v) is 1.60. The van der Waals surface area contributed by atoms with Gasteiger partial charge in [0.1, 0.15) is 12.9 Å². The van der Waals surface area contributed by atoms with E-state index < -0.39 is 0 Å². The van der Waals surface area contributed by atoms with Gasteiger partial charge in [-0.05, 0) is 5.92 Å². The van der Waals surface area contributed by atoms with E-state index in [1.807, 2.05) is 10.8 Å². The lowest BCUT2D eigenvalue weighted by molar-refractivity contribution is 0.492. The van der Waals surface area contributed by atoms with E-state index in [2.05, 4.69) is 34.4 Å². The van der Waals surface area contributed by atoms with E-state index in [0.717, 1.165) is 18.1 Å². The number of rotatable bonds is 5. The molecule has 0 aliphatic heterocycles. The predicted molar refractivity (Wildman–Crippen MR) is 61.9 cm³/mol. The summed E-state index contributed by atoms with van der Waals surface area (Å²) in [5.74, 6) is 1.44. The maximum atomic E-state index is 5.48. The van der Waals surface area contributed by atoms with Crippen LogP contribution in [0.5, 0.6) is 0 Å². The summed E-state index contributed by atoms with van der Waals surface area (Å²) in [6.07, 6.45) is 3.57. The quantitative estimate of drug-likeness (QED) is 0.790. The maximum Gasteiger partial charge on any atom is 0.154 e. The number of nitrogens with two attached hydrogens (primary N) is 1. The first-order chi connectivity index (χ1) is 8.19. The second-order valence-corrected chi connectivity index (χ2v) is 4.40. The molecule has 0 atom stereocenters. The Hall–Kier alpha value is -1.76. The second kappa shape index (κ2) is 5.05. The van der Waals surface area contributed by atoms with Crippen molar-refractivity contribution in [2.45, 2.75) is 33.5 Å². The molecule has 17 heavy (non-hydrogen) atoms. The zero-order valence-corrected chi connectivity index (χ0v) is 10.1. The average molecular weight is 235 g/mol. The lowest BCUT2D eigenvalue weighted by atomic mass is 10.2. The van der Waals surface area contributed by atoms with Crippen molar-refractivity contribution < 1.29 is 0 Å². The maximum absolute atomic E-state index is 5.48. The third-order valence-electron chi connectivity index (χ3n) is 2.36. The Labute approximate surface area is 99.6 Å². The summed E-state index contributed by atoms with van der Waals surface area (Å²) in [7, 11) is 0. The second-order valence-electron chi connectivity index (χ2n) is 4.40. The van der Waals surface area contributed by atoms with Crippen LogP contribution in [0.2, 0.25) is 0 Å². The highest BCUT2D eigenvalue weighted by atomic mass is 15.4. The molecule has 0 bridgehead atoms. The molecular formula is C10H17N7. The van der Waals surface area contributed by atoms with Crippen molar-refractivity contribution in [3.63, 3.8) is 0 Å². The molecule has 0 unspecified atom stereocenters. The molecule has 2 rings (SSSR count). The molecule has 7 heteroatoms. The molecule has 0 fully saturated rings. The molecule has 0 aliphatic carbocycles. The van der Waals surface area contributed by atoms with E-state index in [1.54, 1.807) is 11.0 Å². The minimum Gasteiger partial charge on any atom is -0.325 e. The molecular weight excluding hydrogens is 218 g/mol. The van der Waals surface area contributed by atoms with Crippen molar-refractivity contribution in [2.24, 2.45) is 11.7 Å². The third-order valence-corrected chi connectivity index (χ3v) is 2.36. The Morgan fingerprint density at radius 1 is 1.35 bits per heavy atom. The van der Waals surface area contributed by atoms with E-state index >= 15 is 0 Å². The van der Waals surface area contributed by atoms with Crippen LogP contribution in [0.1, 0.15) is 25.4 Å². The molecule has 2 heterocycles. The van der Waals surface area contributed by atoms with Crippen molar-refractivity contribution in [1.82, 2.24) is 29.8 Å². The van der Waals surface area contributed by atoms with Crippen molar-refractivity contribution in [1.29, 1.82) is 0 Å². The van der Waals surface area contributed by atoms with Crippen LogP contribution < -0.4 is 5.73 Å². The van der Waals surface area contributed by atoms with Gasteiger partial charge < -0.3 is 10.3 Å². The Morgan fingerprint density at radius 3 is 2.82 bits per heavy atom. The van der Waals surface area contributed by atoms with Gasteiger partial charge in [-0.2, -0.15) is 0 Å². The number of aromatic nitrogens is 6. The Kier molecular flexibility index (Phi) is 3.48. The van der Waals surface area contributed by atoms with Gasteiger partial charge in [0.25, 0.3) is 0 Å². The Balaban J connectivity index is 2.10. The van der Waals surface area contributed by atoms with Crippen LogP contribution in [-0.4, -0.2) is 29.8 Å². The van der Waals surface area contributed by atoms with Crippen LogP contribution >= 0.6 is 0 Å². The third kappa shape index (κ3) is 2.88. The van der Waals surface area contributed by atoms with Crippen molar-refractivity contribution in [3.05, 3.63) is 24.0 Å². The molecule has 0 saturated carbocycles. The van der Waals surface area contributed by atoms with Gasteiger partial charge >= 0.3 is 0 Å². The fourth-order valence-electron chi connectivity index (χ4n) is 1.60. The predicted octanol–water partition coefficient (Wildman–Crippen LogP) is 0.0326. The molecule has 0 amide bonds. The van der Waals surface area contributed by atoms with E-state index in [-0.39, 0.29) is 0 Å². The SMILES string of the molecule is CC(C)Cn1cnnc1Cn1cc(CN)nn1. The first kappa shape index (κ1) is 11.7. The number of nitrogens with zero attached hydrogens (tertiary/aromatic N) is 6. The fraction of sp³-hybridized carbons (Fsp3) is 0.600. The molecule has 92 valence electrons. The van der Waals surface area contributed by atoms with Gasteiger partial charge in [-0.25, -0.2) is 4.68 Å². The molecule has 7 nitrogen and oxygen atoms in total. The molecule has 0 radical (unpaired) electrons. The summed E-state index contributed by atoms with van der Waals surface area (Å²) in [4.78, 5) is 0. The zero-order chi connectivity index (χ0) is 12.3. The van der Waals surface area contributed by atoms with E-state index in [9.17, 15) is 0 Å². The lowest BCUT2D eigenvalue weighted by Crippen LogP contribution is -2.11. The minimum absolute atomic E-state index is 0.401. The largest absolute Gasteiger partial charge is 0.325 e. The molecule has 0 saturated heterocycles. The van der Waals surface area contributed by atoms with Gasteiger partial charge in [-0.15, -0.1) is 15.3 Å². The standard InChI is InChI=1S/C10H17N7/c1-8(2)4-16-7-12-14-10(16)6-17-5-9(3-11)13-15-17/h5,7-8H,3-4,6,11H2,1-2H3. The monoisotopic (exact) mass is 235 g/mol. The molecule has 0 aromatic carbocycles. The lowest BCUT2D eigenvalue weighted by Gasteiger charge is -2.08. The highest BCUT2D eigenvalue weighted by Crippen LogP contribution is 2.04. The highest BCUT2D eigenvalue weighted by Gasteiger charge is 2.08. The summed E-state index contributed by atoms with van der Waals surface area (Å²) in [5, 5.41) is 15.9. The summed E-state index contributed by atoms with van der Waals surface area (Å²) < 4.78 is 3.76. The van der Waals surface area contributed by atoms with Gasteiger partial charge in [-0.1, -0.05) is 19.1 Å². The van der Waals surface area contributed by atoms with Crippen molar-refractivity contribution in [2.75, 3.05) is 0 Å². The van der Waals surface area contributed by atoms with Crippen LogP contribution in [0.15, 0.2) is 12.5 Å². The minimum atomic E-state index is 0.401. The molecule has 0 spiro atoms. The van der Waals surface area contributed by atoms with Gasteiger partial charge in [0, 0.05) is 13.1 Å². The van der Waals surface area contributed by atoms with Gasteiger partial charge in [0.2, 0.25) is 0 Å². The van der Waals surface area contributed by atoms with E-state index in [0.29, 0.717) is 19.0 Å². The Bertz CT molecular complexity index is 470. The highest BCUT2D eigenvalue weighted by molar-refractivity contribution is 4.94. The first-order valence-corrected chi connectivity index (χ1v) is 5.64. The van der Waals surface area contributed by atoms with Gasteiger partial charge in [0.15, 0.2) is 5.82 Å². The van der Waals surface area contributed by atoms with Crippen molar-refractivity contribution in [3.8, 4) is 0 Å². The van der Waals surface area contributed by atoms with Gasteiger partial charge in [-0.3, -0.25) is 0 Å². The topological polar surface area (TPSA) is 87.4 Å². The van der Waals surface area contributed by atoms with Crippen LogP contribution in [0.4, 0.5) is 0 Å². The number of hydrogen-bond acceptors (Lipinski definition) is 5. The summed E-state index contributed by atoms with van der Waals surface area (Å²) >= 11 is 0. The van der Waals surface area contributed by atoms with Crippen LogP contribution in [0.25, 0.3) is 0 Å². The van der Waals surface area contributed by atoms with E-state index in [1.165, 1.54) is 0 Å². The first-order valence-electron chi connectivity index (χ1n) is 5.64. The van der Waals surface area contributed by atoms with Crippen LogP contribution in [0, 0.1) is 5.92 Å². The van der Waals surface area contributed by atoms with Crippen molar-refractivity contribution >= 4 is 0 Å². The molecule has 2 aromatic heterocycles. The van der Waals surface area contributed by atoms with Gasteiger partial charge in [0.05, 0.1) is 11.9 Å². The summed E-state index contributed by atoms with van der Waals surface area (Å²) in [6, 6.07) is 0. The Morgan fingerprint density at radius 2 is 2.18 bits per heavy atom. The van der Waals surface area contributed by atoms with E-state index in [4.69, 9.17) is 5.73 Å². The molecule has 2 N–H and O–H groups in total. The zero-order valence-electron chi connectivity index (χ0n) is 10.1. The number of hydrogen-bond donors (Lipinski definition) is 1. The molecule has 0 aliphatic rings. The normalized spacial score (nSPS) is 11.3. The summed E-state index contributed by atoms with van der Waals surface area (Å²) in [6.45, 7) is 6.19.